The number of anilines is 3. The minimum absolute atomic E-state index is 0.786. The Morgan fingerprint density at radius 2 is 1.33 bits per heavy atom. The van der Waals surface area contributed by atoms with Crippen molar-refractivity contribution in [3.63, 3.8) is 0 Å². The van der Waals surface area contributed by atoms with Crippen molar-refractivity contribution in [1.82, 2.24) is 14.8 Å². The highest BCUT2D eigenvalue weighted by molar-refractivity contribution is 5.74. The fraction of sp³-hybridized carbons (Fsp3) is 0. The highest BCUT2D eigenvalue weighted by atomic mass is 15.3. The molecule has 0 spiro atoms. The minimum atomic E-state index is 0.786. The van der Waals surface area contributed by atoms with Gasteiger partial charge in [0.05, 0.1) is 0 Å². The summed E-state index contributed by atoms with van der Waals surface area (Å²) < 4.78 is 1.76. The predicted molar refractivity (Wildman–Crippen MR) is 96.0 cm³/mol. The Morgan fingerprint density at radius 3 is 1.92 bits per heavy atom. The topological polar surface area (TPSA) is 34.0 Å². The third kappa shape index (κ3) is 2.77. The molecule has 0 bridgehead atoms. The van der Waals surface area contributed by atoms with Crippen LogP contribution in [-0.2, 0) is 0 Å². The van der Waals surface area contributed by atoms with Crippen molar-refractivity contribution in [3.8, 4) is 5.82 Å². The van der Waals surface area contributed by atoms with Crippen molar-refractivity contribution < 1.29 is 0 Å². The summed E-state index contributed by atoms with van der Waals surface area (Å²) in [4.78, 5) is 6.93. The van der Waals surface area contributed by atoms with E-state index >= 15 is 0 Å². The van der Waals surface area contributed by atoms with Crippen molar-refractivity contribution in [2.75, 3.05) is 4.90 Å². The van der Waals surface area contributed by atoms with E-state index in [9.17, 15) is 0 Å². The molecule has 0 aliphatic heterocycles. The van der Waals surface area contributed by atoms with E-state index in [1.807, 2.05) is 66.9 Å². The van der Waals surface area contributed by atoms with Gasteiger partial charge in [0.25, 0.3) is 0 Å². The molecule has 24 heavy (non-hydrogen) atoms. The smallest absolute Gasteiger partial charge is 0.155 e. The van der Waals surface area contributed by atoms with Crippen molar-refractivity contribution in [3.05, 3.63) is 97.3 Å². The van der Waals surface area contributed by atoms with Gasteiger partial charge in [-0.25, -0.2) is 9.67 Å². The summed E-state index contributed by atoms with van der Waals surface area (Å²) in [7, 11) is 0. The molecule has 0 radical (unpaired) electrons. The Labute approximate surface area is 140 Å². The van der Waals surface area contributed by atoms with Gasteiger partial charge in [-0.05, 0) is 42.5 Å². The number of hydrogen-bond acceptors (Lipinski definition) is 3. The second-order valence-corrected chi connectivity index (χ2v) is 5.31. The quantitative estimate of drug-likeness (QED) is 0.546. The lowest BCUT2D eigenvalue weighted by Gasteiger charge is -2.24. The summed E-state index contributed by atoms with van der Waals surface area (Å²) in [5.74, 6) is 1.63. The zero-order chi connectivity index (χ0) is 16.2. The molecule has 4 nitrogen and oxygen atoms in total. The van der Waals surface area contributed by atoms with E-state index in [4.69, 9.17) is 4.98 Å². The van der Waals surface area contributed by atoms with Gasteiger partial charge >= 0.3 is 0 Å². The maximum absolute atomic E-state index is 4.79. The third-order valence-electron chi connectivity index (χ3n) is 3.72. The maximum atomic E-state index is 4.79. The summed E-state index contributed by atoms with van der Waals surface area (Å²) in [5, 5.41) is 4.27. The maximum Gasteiger partial charge on any atom is 0.155 e. The average molecular weight is 312 g/mol. The van der Waals surface area contributed by atoms with Gasteiger partial charge in [0.15, 0.2) is 5.82 Å². The summed E-state index contributed by atoms with van der Waals surface area (Å²) in [6.45, 7) is 0. The van der Waals surface area contributed by atoms with Crippen LogP contribution in [0.3, 0.4) is 0 Å². The molecular formula is C20H16N4. The van der Waals surface area contributed by atoms with Crippen LogP contribution in [0.2, 0.25) is 0 Å². The fourth-order valence-corrected chi connectivity index (χ4v) is 2.64. The largest absolute Gasteiger partial charge is 0.295 e. The Kier molecular flexibility index (Phi) is 3.78. The molecule has 2 heterocycles. The van der Waals surface area contributed by atoms with E-state index in [1.54, 1.807) is 10.9 Å². The standard InChI is InChI=1S/C20H16N4/c1-3-9-17(10-4-1)24(18-11-5-2-6-12-18)20-14-7-13-19(22-20)23-16-8-15-21-23/h1-16H. The highest BCUT2D eigenvalue weighted by Crippen LogP contribution is 2.32. The van der Waals surface area contributed by atoms with Crippen LogP contribution in [-0.4, -0.2) is 14.8 Å². The lowest BCUT2D eigenvalue weighted by Crippen LogP contribution is -2.12. The van der Waals surface area contributed by atoms with Crippen LogP contribution in [0, 0.1) is 0 Å². The van der Waals surface area contributed by atoms with Crippen molar-refractivity contribution in [1.29, 1.82) is 0 Å². The van der Waals surface area contributed by atoms with Crippen LogP contribution in [0.5, 0.6) is 0 Å². The Balaban J connectivity index is 1.84. The summed E-state index contributed by atoms with van der Waals surface area (Å²) in [5.41, 5.74) is 2.13. The molecule has 0 atom stereocenters. The molecule has 4 heteroatoms. The van der Waals surface area contributed by atoms with Crippen molar-refractivity contribution >= 4 is 17.2 Å². The van der Waals surface area contributed by atoms with Gasteiger partial charge in [0.1, 0.15) is 5.82 Å². The molecule has 0 N–H and O–H groups in total. The first-order valence-electron chi connectivity index (χ1n) is 7.79. The van der Waals surface area contributed by atoms with Crippen LogP contribution in [0.4, 0.5) is 17.2 Å². The van der Waals surface area contributed by atoms with E-state index < -0.39 is 0 Å². The fourth-order valence-electron chi connectivity index (χ4n) is 2.64. The second kappa shape index (κ2) is 6.38. The molecule has 0 fully saturated rings. The zero-order valence-electron chi connectivity index (χ0n) is 13.0. The third-order valence-corrected chi connectivity index (χ3v) is 3.72. The van der Waals surface area contributed by atoms with E-state index in [1.165, 1.54) is 0 Å². The molecule has 0 saturated carbocycles. The van der Waals surface area contributed by atoms with Crippen LogP contribution >= 0.6 is 0 Å². The summed E-state index contributed by atoms with van der Waals surface area (Å²) in [6, 6.07) is 28.3. The minimum Gasteiger partial charge on any atom is -0.295 e. The number of nitrogens with zero attached hydrogens (tertiary/aromatic N) is 4. The van der Waals surface area contributed by atoms with E-state index in [2.05, 4.69) is 34.3 Å². The van der Waals surface area contributed by atoms with Crippen molar-refractivity contribution in [2.45, 2.75) is 0 Å². The molecule has 4 rings (SSSR count). The van der Waals surface area contributed by atoms with Crippen LogP contribution < -0.4 is 4.90 Å². The number of pyridine rings is 1. The number of benzene rings is 2. The molecule has 116 valence electrons. The molecule has 0 aliphatic rings. The highest BCUT2D eigenvalue weighted by Gasteiger charge is 2.13. The lowest BCUT2D eigenvalue weighted by molar-refractivity contribution is 0.846. The zero-order valence-corrected chi connectivity index (χ0v) is 13.0. The molecule has 0 unspecified atom stereocenters. The van der Waals surface area contributed by atoms with Gasteiger partial charge in [0, 0.05) is 23.8 Å². The van der Waals surface area contributed by atoms with Gasteiger partial charge in [-0.2, -0.15) is 5.10 Å². The Morgan fingerprint density at radius 1 is 0.667 bits per heavy atom. The van der Waals surface area contributed by atoms with Gasteiger partial charge < -0.3 is 0 Å². The first-order chi connectivity index (χ1) is 11.9. The molecular weight excluding hydrogens is 296 g/mol. The average Bonchev–Trinajstić information content (AvgIpc) is 3.19. The van der Waals surface area contributed by atoms with Gasteiger partial charge in [-0.15, -0.1) is 0 Å². The molecule has 2 aromatic heterocycles. The second-order valence-electron chi connectivity index (χ2n) is 5.31. The normalized spacial score (nSPS) is 10.5. The molecule has 2 aromatic carbocycles. The number of para-hydroxylation sites is 2. The number of rotatable bonds is 4. The Hall–Kier alpha value is -3.40. The molecule has 0 saturated heterocycles. The van der Waals surface area contributed by atoms with E-state index in [0.29, 0.717) is 0 Å². The summed E-state index contributed by atoms with van der Waals surface area (Å²) >= 11 is 0. The number of aromatic nitrogens is 3. The summed E-state index contributed by atoms with van der Waals surface area (Å²) in [6.07, 6.45) is 3.64. The van der Waals surface area contributed by atoms with E-state index in [0.717, 1.165) is 23.0 Å². The molecule has 0 amide bonds. The van der Waals surface area contributed by atoms with Gasteiger partial charge in [-0.3, -0.25) is 4.90 Å². The lowest BCUT2D eigenvalue weighted by atomic mass is 10.2. The number of hydrogen-bond donors (Lipinski definition) is 0. The monoisotopic (exact) mass is 312 g/mol. The first-order valence-corrected chi connectivity index (χ1v) is 7.79. The first kappa shape index (κ1) is 14.2. The molecule has 4 aromatic rings. The van der Waals surface area contributed by atoms with Crippen LogP contribution in [0.25, 0.3) is 5.82 Å². The van der Waals surface area contributed by atoms with Gasteiger partial charge in [0.2, 0.25) is 0 Å². The van der Waals surface area contributed by atoms with Crippen LogP contribution in [0.15, 0.2) is 97.3 Å². The Bertz CT molecular complexity index is 863. The van der Waals surface area contributed by atoms with Crippen molar-refractivity contribution in [2.24, 2.45) is 0 Å². The SMILES string of the molecule is c1ccc(N(c2ccccc2)c2cccc(-n3cccn3)n2)cc1. The van der Waals surface area contributed by atoms with Crippen LogP contribution in [0.1, 0.15) is 0 Å². The predicted octanol–water partition coefficient (Wildman–Crippen LogP) is 4.74. The van der Waals surface area contributed by atoms with Gasteiger partial charge in [-0.1, -0.05) is 42.5 Å². The van der Waals surface area contributed by atoms with E-state index in [-0.39, 0.29) is 0 Å². The molecule has 0 aliphatic carbocycles.